The Bertz CT molecular complexity index is 392. The third-order valence-corrected chi connectivity index (χ3v) is 2.63. The van der Waals surface area contributed by atoms with Crippen molar-refractivity contribution in [3.8, 4) is 5.75 Å². The van der Waals surface area contributed by atoms with Crippen molar-refractivity contribution in [2.45, 2.75) is 13.0 Å². The van der Waals surface area contributed by atoms with Crippen LogP contribution in [0.25, 0.3) is 0 Å². The first kappa shape index (κ1) is 11.8. The summed E-state index contributed by atoms with van der Waals surface area (Å²) in [4.78, 5) is 10.8. The molecule has 0 saturated heterocycles. The van der Waals surface area contributed by atoms with E-state index in [4.69, 9.17) is 27.2 Å². The van der Waals surface area contributed by atoms with E-state index in [1.165, 1.54) is 7.11 Å². The molecule has 0 heterocycles. The Labute approximate surface area is 92.6 Å². The first-order valence-corrected chi connectivity index (χ1v) is 4.68. The molecule has 0 aliphatic carbocycles. The van der Waals surface area contributed by atoms with Crippen LogP contribution in [0, 0.1) is 6.92 Å². The number of methoxy groups -OCH3 is 1. The van der Waals surface area contributed by atoms with E-state index in [-0.39, 0.29) is 0 Å². The van der Waals surface area contributed by atoms with Gasteiger partial charge in [-0.05, 0) is 18.6 Å². The summed E-state index contributed by atoms with van der Waals surface area (Å²) in [5.74, 6) is -0.749. The van der Waals surface area contributed by atoms with Crippen LogP contribution < -0.4 is 10.5 Å². The highest BCUT2D eigenvalue weighted by atomic mass is 35.5. The summed E-state index contributed by atoms with van der Waals surface area (Å²) in [7, 11) is 1.44. The number of carbonyl (C=O) groups is 1. The molecule has 1 rings (SSSR count). The quantitative estimate of drug-likeness (QED) is 0.828. The lowest BCUT2D eigenvalue weighted by Gasteiger charge is -2.15. The number of hydrogen-bond acceptors (Lipinski definition) is 3. The highest BCUT2D eigenvalue weighted by molar-refractivity contribution is 6.32. The lowest BCUT2D eigenvalue weighted by Crippen LogP contribution is -2.22. The van der Waals surface area contributed by atoms with Crippen LogP contribution in [-0.4, -0.2) is 18.2 Å². The molecular weight excluding hydrogens is 218 g/mol. The van der Waals surface area contributed by atoms with Crippen molar-refractivity contribution in [1.82, 2.24) is 0 Å². The van der Waals surface area contributed by atoms with Gasteiger partial charge in [0, 0.05) is 5.56 Å². The summed E-state index contributed by atoms with van der Waals surface area (Å²) < 4.78 is 5.02. The fourth-order valence-electron chi connectivity index (χ4n) is 1.28. The third kappa shape index (κ3) is 2.22. The Morgan fingerprint density at radius 3 is 2.67 bits per heavy atom. The highest BCUT2D eigenvalue weighted by Gasteiger charge is 2.22. The largest absolute Gasteiger partial charge is 0.496 e. The van der Waals surface area contributed by atoms with Gasteiger partial charge in [-0.15, -0.1) is 0 Å². The molecular formula is C10H12ClNO3. The van der Waals surface area contributed by atoms with Crippen molar-refractivity contribution >= 4 is 17.6 Å². The molecule has 0 aromatic heterocycles. The molecule has 0 aliphatic rings. The van der Waals surface area contributed by atoms with Gasteiger partial charge in [0.05, 0.1) is 12.1 Å². The van der Waals surface area contributed by atoms with E-state index < -0.39 is 12.0 Å². The van der Waals surface area contributed by atoms with Gasteiger partial charge in [-0.3, -0.25) is 4.79 Å². The molecule has 15 heavy (non-hydrogen) atoms. The molecule has 3 N–H and O–H groups in total. The lowest BCUT2D eigenvalue weighted by atomic mass is 10.0. The normalized spacial score (nSPS) is 12.3. The van der Waals surface area contributed by atoms with Crippen molar-refractivity contribution in [1.29, 1.82) is 0 Å². The molecule has 0 spiro atoms. The first-order chi connectivity index (χ1) is 6.99. The molecule has 0 radical (unpaired) electrons. The highest BCUT2D eigenvalue weighted by Crippen LogP contribution is 2.33. The van der Waals surface area contributed by atoms with Crippen LogP contribution in [0.5, 0.6) is 5.75 Å². The number of nitrogens with two attached hydrogens (primary N) is 1. The van der Waals surface area contributed by atoms with Crippen LogP contribution in [0.3, 0.4) is 0 Å². The SMILES string of the molecule is COc1ccc(C)c(Cl)c1C(N)C(=O)O. The molecule has 0 aliphatic heterocycles. The minimum Gasteiger partial charge on any atom is -0.496 e. The summed E-state index contributed by atoms with van der Waals surface area (Å²) in [5.41, 5.74) is 6.60. The zero-order valence-electron chi connectivity index (χ0n) is 8.45. The number of hydrogen-bond donors (Lipinski definition) is 2. The zero-order valence-corrected chi connectivity index (χ0v) is 9.21. The van der Waals surface area contributed by atoms with Crippen molar-refractivity contribution in [2.75, 3.05) is 7.11 Å². The molecule has 1 unspecified atom stereocenters. The minimum atomic E-state index is -1.17. The Morgan fingerprint density at radius 2 is 2.20 bits per heavy atom. The maximum Gasteiger partial charge on any atom is 0.325 e. The Hall–Kier alpha value is -1.26. The summed E-state index contributed by atoms with van der Waals surface area (Å²) in [6.45, 7) is 1.78. The predicted molar refractivity (Wildman–Crippen MR) is 57.3 cm³/mol. The van der Waals surface area contributed by atoms with Crippen LogP contribution in [0.4, 0.5) is 0 Å². The van der Waals surface area contributed by atoms with Gasteiger partial charge in [-0.25, -0.2) is 0 Å². The number of carboxylic acid groups (broad SMARTS) is 1. The summed E-state index contributed by atoms with van der Waals surface area (Å²) in [6, 6.07) is 2.23. The molecule has 0 saturated carbocycles. The standard InChI is InChI=1S/C10H12ClNO3/c1-5-3-4-6(15-2)7(8(5)11)9(12)10(13)14/h3-4,9H,12H2,1-2H3,(H,13,14). The van der Waals surface area contributed by atoms with Crippen LogP contribution in [0.1, 0.15) is 17.2 Å². The third-order valence-electron chi connectivity index (χ3n) is 2.13. The molecule has 0 amide bonds. The molecule has 82 valence electrons. The number of halogens is 1. The second kappa shape index (κ2) is 4.51. The molecule has 0 fully saturated rings. The van der Waals surface area contributed by atoms with Gasteiger partial charge in [0.15, 0.2) is 0 Å². The van der Waals surface area contributed by atoms with Gasteiger partial charge < -0.3 is 15.6 Å². The summed E-state index contributed by atoms with van der Waals surface area (Å²) >= 11 is 5.99. The van der Waals surface area contributed by atoms with Gasteiger partial charge in [0.2, 0.25) is 0 Å². The smallest absolute Gasteiger partial charge is 0.325 e. The van der Waals surface area contributed by atoms with Crippen LogP contribution in [-0.2, 0) is 4.79 Å². The molecule has 1 atom stereocenters. The maximum atomic E-state index is 10.8. The van der Waals surface area contributed by atoms with Gasteiger partial charge in [-0.2, -0.15) is 0 Å². The van der Waals surface area contributed by atoms with E-state index in [1.54, 1.807) is 19.1 Å². The maximum absolute atomic E-state index is 10.8. The van der Waals surface area contributed by atoms with E-state index >= 15 is 0 Å². The lowest BCUT2D eigenvalue weighted by molar-refractivity contribution is -0.138. The number of rotatable bonds is 3. The van der Waals surface area contributed by atoms with E-state index in [0.717, 1.165) is 5.56 Å². The number of aryl methyl sites for hydroxylation is 1. The number of aliphatic carboxylic acids is 1. The predicted octanol–water partition coefficient (Wildman–Crippen LogP) is 1.74. The Balaban J connectivity index is 3.35. The van der Waals surface area contributed by atoms with E-state index in [9.17, 15) is 4.79 Å². The monoisotopic (exact) mass is 229 g/mol. The minimum absolute atomic E-state index is 0.312. The molecule has 0 bridgehead atoms. The summed E-state index contributed by atoms with van der Waals surface area (Å²) in [5, 5.41) is 9.17. The Morgan fingerprint density at radius 1 is 1.60 bits per heavy atom. The van der Waals surface area contributed by atoms with Gasteiger partial charge in [0.25, 0.3) is 0 Å². The number of carboxylic acids is 1. The van der Waals surface area contributed by atoms with Gasteiger partial charge in [-0.1, -0.05) is 17.7 Å². The van der Waals surface area contributed by atoms with Crippen molar-refractivity contribution < 1.29 is 14.6 Å². The van der Waals surface area contributed by atoms with E-state index in [0.29, 0.717) is 16.3 Å². The Kier molecular flexibility index (Phi) is 3.55. The van der Waals surface area contributed by atoms with Gasteiger partial charge in [0.1, 0.15) is 11.8 Å². The first-order valence-electron chi connectivity index (χ1n) is 4.30. The summed E-state index contributed by atoms with van der Waals surface area (Å²) in [6.07, 6.45) is 0. The fraction of sp³-hybridized carbons (Fsp3) is 0.300. The van der Waals surface area contributed by atoms with Crippen LogP contribution in [0.2, 0.25) is 5.02 Å². The zero-order chi connectivity index (χ0) is 11.6. The molecule has 1 aromatic carbocycles. The van der Waals surface area contributed by atoms with E-state index in [2.05, 4.69) is 0 Å². The topological polar surface area (TPSA) is 72.5 Å². The van der Waals surface area contributed by atoms with E-state index in [1.807, 2.05) is 0 Å². The molecule has 5 heteroatoms. The molecule has 1 aromatic rings. The second-order valence-electron chi connectivity index (χ2n) is 3.13. The number of ether oxygens (including phenoxy) is 1. The average Bonchev–Trinajstić information content (AvgIpc) is 2.20. The molecule has 4 nitrogen and oxygen atoms in total. The van der Waals surface area contributed by atoms with Crippen molar-refractivity contribution in [2.24, 2.45) is 5.73 Å². The van der Waals surface area contributed by atoms with Gasteiger partial charge >= 0.3 is 5.97 Å². The number of benzene rings is 1. The van der Waals surface area contributed by atoms with Crippen LogP contribution in [0.15, 0.2) is 12.1 Å². The van der Waals surface area contributed by atoms with Crippen molar-refractivity contribution in [3.63, 3.8) is 0 Å². The van der Waals surface area contributed by atoms with Crippen molar-refractivity contribution in [3.05, 3.63) is 28.3 Å². The van der Waals surface area contributed by atoms with Crippen LogP contribution >= 0.6 is 11.6 Å². The average molecular weight is 230 g/mol. The fourth-order valence-corrected chi connectivity index (χ4v) is 1.55. The second-order valence-corrected chi connectivity index (χ2v) is 3.51.